The van der Waals surface area contributed by atoms with E-state index in [4.69, 9.17) is 4.42 Å². The van der Waals surface area contributed by atoms with Crippen LogP contribution >= 0.6 is 11.8 Å². The Morgan fingerprint density at radius 1 is 0.871 bits per heavy atom. The van der Waals surface area contributed by atoms with Crippen LogP contribution in [0.15, 0.2) is 94.6 Å². The summed E-state index contributed by atoms with van der Waals surface area (Å²) >= 11 is 1.20. The van der Waals surface area contributed by atoms with Crippen molar-refractivity contribution in [1.82, 2.24) is 4.98 Å². The number of ketones is 1. The zero-order valence-electron chi connectivity index (χ0n) is 16.9. The highest BCUT2D eigenvalue weighted by atomic mass is 32.2. The number of carbonyl (C=O) groups excluding carboxylic acids is 2. The third-order valence-electron chi connectivity index (χ3n) is 4.61. The molecule has 1 heterocycles. The first kappa shape index (κ1) is 20.6. The van der Waals surface area contributed by atoms with Gasteiger partial charge in [0, 0.05) is 16.7 Å². The maximum Gasteiger partial charge on any atom is 0.258 e. The average Bonchev–Trinajstić information content (AvgIpc) is 3.21. The van der Waals surface area contributed by atoms with Crippen LogP contribution in [0.5, 0.6) is 0 Å². The number of Topliss-reactive ketones (excluding diaryl/α,β-unsaturated/α-hetero) is 1. The van der Waals surface area contributed by atoms with Crippen molar-refractivity contribution in [2.45, 2.75) is 12.1 Å². The van der Waals surface area contributed by atoms with E-state index in [2.05, 4.69) is 10.3 Å². The molecule has 0 bridgehead atoms. The summed E-state index contributed by atoms with van der Waals surface area (Å²) in [4.78, 5) is 29.6. The topological polar surface area (TPSA) is 72.2 Å². The number of aryl methyl sites for hydroxylation is 1. The fraction of sp³-hybridized carbons (Fsp3) is 0.0800. The van der Waals surface area contributed by atoms with Crippen LogP contribution in [-0.2, 0) is 0 Å². The Hall–Kier alpha value is -3.64. The second kappa shape index (κ2) is 9.45. The lowest BCUT2D eigenvalue weighted by Crippen LogP contribution is -2.12. The molecule has 0 unspecified atom stereocenters. The number of aromatic nitrogens is 1. The Labute approximate surface area is 184 Å². The van der Waals surface area contributed by atoms with E-state index in [9.17, 15) is 9.59 Å². The number of rotatable bonds is 7. The SMILES string of the molecule is Cc1ccc(C(=O)Nc2nc(SCC(=O)c3ccccc3)oc2-c2ccccc2)cc1. The van der Waals surface area contributed by atoms with Crippen molar-refractivity contribution in [3.63, 3.8) is 0 Å². The molecule has 0 aliphatic heterocycles. The molecule has 0 atom stereocenters. The fourth-order valence-electron chi connectivity index (χ4n) is 2.95. The summed E-state index contributed by atoms with van der Waals surface area (Å²) in [6, 6.07) is 25.8. The van der Waals surface area contributed by atoms with Gasteiger partial charge in [0.15, 0.2) is 17.4 Å². The lowest BCUT2D eigenvalue weighted by atomic mass is 10.1. The van der Waals surface area contributed by atoms with Gasteiger partial charge in [-0.05, 0) is 19.1 Å². The molecule has 5 nitrogen and oxygen atoms in total. The number of hydrogen-bond acceptors (Lipinski definition) is 5. The van der Waals surface area contributed by atoms with Gasteiger partial charge in [-0.2, -0.15) is 4.98 Å². The molecule has 0 saturated carbocycles. The molecule has 4 aromatic rings. The van der Waals surface area contributed by atoms with Gasteiger partial charge in [-0.1, -0.05) is 90.1 Å². The third kappa shape index (κ3) is 5.10. The Morgan fingerprint density at radius 2 is 1.52 bits per heavy atom. The van der Waals surface area contributed by atoms with Gasteiger partial charge in [-0.15, -0.1) is 0 Å². The number of hydrogen-bond donors (Lipinski definition) is 1. The molecule has 0 aliphatic rings. The monoisotopic (exact) mass is 428 g/mol. The quantitative estimate of drug-likeness (QED) is 0.294. The van der Waals surface area contributed by atoms with E-state index in [1.165, 1.54) is 11.8 Å². The number of benzene rings is 3. The van der Waals surface area contributed by atoms with Crippen molar-refractivity contribution in [1.29, 1.82) is 0 Å². The van der Waals surface area contributed by atoms with Gasteiger partial charge in [-0.3, -0.25) is 9.59 Å². The molecule has 154 valence electrons. The molecule has 3 aromatic carbocycles. The fourth-order valence-corrected chi connectivity index (χ4v) is 3.67. The number of anilines is 1. The minimum atomic E-state index is -0.276. The molecule has 0 fully saturated rings. The van der Waals surface area contributed by atoms with Crippen molar-refractivity contribution in [2.24, 2.45) is 0 Å². The molecule has 6 heteroatoms. The maximum absolute atomic E-state index is 12.7. The van der Waals surface area contributed by atoms with Gasteiger partial charge in [0.05, 0.1) is 5.75 Å². The summed E-state index contributed by atoms with van der Waals surface area (Å²) in [5.74, 6) is 0.671. The van der Waals surface area contributed by atoms with Crippen LogP contribution in [0, 0.1) is 6.92 Å². The average molecular weight is 429 g/mol. The Balaban J connectivity index is 1.56. The first-order valence-corrected chi connectivity index (χ1v) is 10.7. The van der Waals surface area contributed by atoms with Gasteiger partial charge in [0.1, 0.15) is 0 Å². The van der Waals surface area contributed by atoms with E-state index in [-0.39, 0.29) is 17.4 Å². The summed E-state index contributed by atoms with van der Waals surface area (Å²) in [5, 5.41) is 3.16. The van der Waals surface area contributed by atoms with Gasteiger partial charge in [-0.25, -0.2) is 0 Å². The molecule has 1 aromatic heterocycles. The molecule has 0 aliphatic carbocycles. The summed E-state index contributed by atoms with van der Waals surface area (Å²) < 4.78 is 5.93. The van der Waals surface area contributed by atoms with E-state index in [1.807, 2.05) is 67.6 Å². The Morgan fingerprint density at radius 3 is 2.19 bits per heavy atom. The minimum absolute atomic E-state index is 0.0182. The molecular formula is C25H20N2O3S. The molecular weight excluding hydrogens is 408 g/mol. The van der Waals surface area contributed by atoms with Crippen molar-refractivity contribution < 1.29 is 14.0 Å². The van der Waals surface area contributed by atoms with E-state index in [0.29, 0.717) is 27.9 Å². The van der Waals surface area contributed by atoms with Crippen LogP contribution in [-0.4, -0.2) is 22.4 Å². The summed E-state index contributed by atoms with van der Waals surface area (Å²) in [6.07, 6.45) is 0. The van der Waals surface area contributed by atoms with E-state index in [0.717, 1.165) is 11.1 Å². The van der Waals surface area contributed by atoms with Gasteiger partial charge >= 0.3 is 0 Å². The molecule has 0 spiro atoms. The zero-order chi connectivity index (χ0) is 21.6. The van der Waals surface area contributed by atoms with Crippen LogP contribution < -0.4 is 5.32 Å². The minimum Gasteiger partial charge on any atom is -0.429 e. The van der Waals surface area contributed by atoms with Crippen molar-refractivity contribution >= 4 is 29.3 Å². The second-order valence-electron chi connectivity index (χ2n) is 6.92. The van der Waals surface area contributed by atoms with Crippen molar-refractivity contribution in [2.75, 3.05) is 11.1 Å². The normalized spacial score (nSPS) is 10.6. The molecule has 1 amide bonds. The number of nitrogens with one attached hydrogen (secondary N) is 1. The molecule has 4 rings (SSSR count). The van der Waals surface area contributed by atoms with Gasteiger partial charge in [0.2, 0.25) is 0 Å². The van der Waals surface area contributed by atoms with Crippen LogP contribution in [0.3, 0.4) is 0 Å². The third-order valence-corrected chi connectivity index (χ3v) is 5.44. The van der Waals surface area contributed by atoms with E-state index < -0.39 is 0 Å². The number of thioether (sulfide) groups is 1. The second-order valence-corrected chi connectivity index (χ2v) is 7.85. The van der Waals surface area contributed by atoms with Crippen LogP contribution in [0.4, 0.5) is 5.82 Å². The number of amides is 1. The van der Waals surface area contributed by atoms with Crippen molar-refractivity contribution in [3.05, 3.63) is 102 Å². The number of nitrogens with zero attached hydrogens (tertiary/aromatic N) is 1. The van der Waals surface area contributed by atoms with E-state index in [1.54, 1.807) is 24.3 Å². The van der Waals surface area contributed by atoms with E-state index >= 15 is 0 Å². The summed E-state index contributed by atoms with van der Waals surface area (Å²) in [6.45, 7) is 1.97. The maximum atomic E-state index is 12.7. The predicted molar refractivity (Wildman–Crippen MR) is 123 cm³/mol. The zero-order valence-corrected chi connectivity index (χ0v) is 17.7. The highest BCUT2D eigenvalue weighted by Gasteiger charge is 2.19. The molecule has 1 N–H and O–H groups in total. The standard InChI is InChI=1S/C25H20N2O3S/c1-17-12-14-20(15-13-17)24(29)26-23-22(19-10-6-3-7-11-19)30-25(27-23)31-16-21(28)18-8-4-2-5-9-18/h2-15H,16H2,1H3,(H,26,29). The van der Waals surface area contributed by atoms with Crippen LogP contribution in [0.2, 0.25) is 0 Å². The molecule has 31 heavy (non-hydrogen) atoms. The number of oxazole rings is 1. The lowest BCUT2D eigenvalue weighted by molar-refractivity contribution is 0.101. The van der Waals surface area contributed by atoms with Gasteiger partial charge in [0.25, 0.3) is 11.1 Å². The first-order chi connectivity index (χ1) is 15.1. The lowest BCUT2D eigenvalue weighted by Gasteiger charge is -2.04. The Kier molecular flexibility index (Phi) is 6.29. The molecule has 0 radical (unpaired) electrons. The predicted octanol–water partition coefficient (Wildman–Crippen LogP) is 5.88. The highest BCUT2D eigenvalue weighted by molar-refractivity contribution is 7.99. The Bertz CT molecular complexity index is 1190. The first-order valence-electron chi connectivity index (χ1n) is 9.75. The van der Waals surface area contributed by atoms with Crippen molar-refractivity contribution in [3.8, 4) is 11.3 Å². The smallest absolute Gasteiger partial charge is 0.258 e. The van der Waals surface area contributed by atoms with Crippen LogP contribution in [0.25, 0.3) is 11.3 Å². The van der Waals surface area contributed by atoms with Gasteiger partial charge < -0.3 is 9.73 Å². The number of carbonyl (C=O) groups is 2. The largest absolute Gasteiger partial charge is 0.429 e. The highest BCUT2D eigenvalue weighted by Crippen LogP contribution is 2.33. The summed E-state index contributed by atoms with van der Waals surface area (Å²) in [5.41, 5.74) is 3.03. The summed E-state index contributed by atoms with van der Waals surface area (Å²) in [7, 11) is 0. The van der Waals surface area contributed by atoms with Crippen LogP contribution in [0.1, 0.15) is 26.3 Å². The molecule has 0 saturated heterocycles.